The Morgan fingerprint density at radius 2 is 1.71 bits per heavy atom. The van der Waals surface area contributed by atoms with Gasteiger partial charge in [-0.25, -0.2) is 13.2 Å². The van der Waals surface area contributed by atoms with Gasteiger partial charge in [-0.2, -0.15) is 4.31 Å². The van der Waals surface area contributed by atoms with Crippen molar-refractivity contribution in [3.63, 3.8) is 0 Å². The molecule has 0 aliphatic carbocycles. The summed E-state index contributed by atoms with van der Waals surface area (Å²) in [7, 11) is -3.51. The van der Waals surface area contributed by atoms with Crippen molar-refractivity contribution in [1.82, 2.24) is 14.5 Å². The number of imide groups is 1. The van der Waals surface area contributed by atoms with E-state index in [0.717, 1.165) is 24.2 Å². The molecule has 2 fully saturated rings. The van der Waals surface area contributed by atoms with Crippen LogP contribution >= 0.6 is 0 Å². The first-order chi connectivity index (χ1) is 13.4. The average Bonchev–Trinajstić information content (AvgIpc) is 3.13. The van der Waals surface area contributed by atoms with Gasteiger partial charge in [-0.3, -0.25) is 14.5 Å². The summed E-state index contributed by atoms with van der Waals surface area (Å²) < 4.78 is 31.6. The summed E-state index contributed by atoms with van der Waals surface area (Å²) in [6, 6.07) is 5.59. The number of ether oxygens (including phenoxy) is 1. The molecule has 0 spiro atoms. The molecule has 1 aromatic rings. The number of nitrogens with zero attached hydrogens (tertiary/aromatic N) is 2. The van der Waals surface area contributed by atoms with E-state index >= 15 is 0 Å². The van der Waals surface area contributed by atoms with Gasteiger partial charge in [-0.15, -0.1) is 0 Å². The second-order valence-electron chi connectivity index (χ2n) is 6.72. The van der Waals surface area contributed by atoms with Crippen LogP contribution in [0.15, 0.2) is 29.2 Å². The molecule has 1 N–H and O–H groups in total. The van der Waals surface area contributed by atoms with Crippen LogP contribution in [0.2, 0.25) is 0 Å². The Hall–Kier alpha value is -2.46. The SMILES string of the molecule is O=C(Cc1ccc(S(=O)(=O)N2CCCCC2)cc1)OCC(=O)N1CCNC1=O. The van der Waals surface area contributed by atoms with Crippen LogP contribution in [0.4, 0.5) is 4.79 Å². The molecule has 2 aliphatic heterocycles. The van der Waals surface area contributed by atoms with Crippen LogP contribution in [0.5, 0.6) is 0 Å². The number of benzene rings is 1. The highest BCUT2D eigenvalue weighted by Crippen LogP contribution is 2.21. The number of carbonyl (C=O) groups is 3. The number of sulfonamides is 1. The van der Waals surface area contributed by atoms with E-state index < -0.39 is 34.5 Å². The average molecular weight is 409 g/mol. The largest absolute Gasteiger partial charge is 0.455 e. The summed E-state index contributed by atoms with van der Waals surface area (Å²) in [6.07, 6.45) is 2.67. The second kappa shape index (κ2) is 8.70. The third kappa shape index (κ3) is 4.68. The van der Waals surface area contributed by atoms with Crippen LogP contribution in [0.25, 0.3) is 0 Å². The lowest BCUT2D eigenvalue weighted by molar-refractivity contribution is -0.150. The molecule has 2 heterocycles. The molecule has 9 nitrogen and oxygen atoms in total. The quantitative estimate of drug-likeness (QED) is 0.685. The fourth-order valence-electron chi connectivity index (χ4n) is 3.18. The fourth-order valence-corrected chi connectivity index (χ4v) is 4.70. The zero-order valence-electron chi connectivity index (χ0n) is 15.4. The Morgan fingerprint density at radius 1 is 1.04 bits per heavy atom. The summed E-state index contributed by atoms with van der Waals surface area (Å²) >= 11 is 0. The first-order valence-corrected chi connectivity index (χ1v) is 10.6. The topological polar surface area (TPSA) is 113 Å². The van der Waals surface area contributed by atoms with Crippen molar-refractivity contribution in [2.45, 2.75) is 30.6 Å². The summed E-state index contributed by atoms with van der Waals surface area (Å²) in [4.78, 5) is 36.3. The molecule has 1 aromatic carbocycles. The van der Waals surface area contributed by atoms with Gasteiger partial charge in [0, 0.05) is 26.2 Å². The van der Waals surface area contributed by atoms with Crippen molar-refractivity contribution in [3.05, 3.63) is 29.8 Å². The smallest absolute Gasteiger partial charge is 0.324 e. The summed E-state index contributed by atoms with van der Waals surface area (Å²) in [5.74, 6) is -1.20. The highest BCUT2D eigenvalue weighted by molar-refractivity contribution is 7.89. The molecule has 0 bridgehead atoms. The zero-order chi connectivity index (χ0) is 20.1. The van der Waals surface area contributed by atoms with Crippen molar-refractivity contribution >= 4 is 27.9 Å². The highest BCUT2D eigenvalue weighted by Gasteiger charge is 2.27. The summed E-state index contributed by atoms with van der Waals surface area (Å²) in [5.41, 5.74) is 0.578. The number of hydrogen-bond donors (Lipinski definition) is 1. The number of piperidine rings is 1. The van der Waals surface area contributed by atoms with Crippen molar-refractivity contribution in [2.75, 3.05) is 32.8 Å². The van der Waals surface area contributed by atoms with Gasteiger partial charge < -0.3 is 10.1 Å². The first kappa shape index (κ1) is 20.3. The van der Waals surface area contributed by atoms with Gasteiger partial charge in [0.1, 0.15) is 0 Å². The number of nitrogens with one attached hydrogen (secondary N) is 1. The molecule has 0 radical (unpaired) electrons. The number of rotatable bonds is 6. The van der Waals surface area contributed by atoms with Crippen LogP contribution < -0.4 is 5.32 Å². The molecule has 10 heteroatoms. The maximum atomic E-state index is 12.6. The molecule has 2 saturated heterocycles. The van der Waals surface area contributed by atoms with Gasteiger partial charge in [-0.05, 0) is 30.5 Å². The fraction of sp³-hybridized carbons (Fsp3) is 0.500. The molecular weight excluding hydrogens is 386 g/mol. The number of urea groups is 1. The maximum Gasteiger partial charge on any atom is 0.324 e. The van der Waals surface area contributed by atoms with Crippen LogP contribution in [0, 0.1) is 0 Å². The first-order valence-electron chi connectivity index (χ1n) is 9.21. The Morgan fingerprint density at radius 3 is 2.32 bits per heavy atom. The van der Waals surface area contributed by atoms with E-state index in [2.05, 4.69) is 5.32 Å². The van der Waals surface area contributed by atoms with Crippen molar-refractivity contribution in [3.8, 4) is 0 Å². The van der Waals surface area contributed by atoms with E-state index in [4.69, 9.17) is 4.74 Å². The Kier molecular flexibility index (Phi) is 6.30. The lowest BCUT2D eigenvalue weighted by Gasteiger charge is -2.25. The Labute approximate surface area is 163 Å². The van der Waals surface area contributed by atoms with E-state index in [1.165, 1.54) is 16.4 Å². The minimum absolute atomic E-state index is 0.0937. The maximum absolute atomic E-state index is 12.6. The Bertz CT molecular complexity index is 847. The highest BCUT2D eigenvalue weighted by atomic mass is 32.2. The molecule has 2 aliphatic rings. The Balaban J connectivity index is 1.53. The van der Waals surface area contributed by atoms with Gasteiger partial charge in [0.2, 0.25) is 10.0 Å². The standard InChI is InChI=1S/C18H23N3O6S/c22-16(21-11-8-19-18(21)24)13-27-17(23)12-14-4-6-15(7-5-14)28(25,26)20-9-2-1-3-10-20/h4-7H,1-3,8-13H2,(H,19,24). The van der Waals surface area contributed by atoms with Gasteiger partial charge in [0.15, 0.2) is 6.61 Å². The molecule has 3 amide bonds. The number of hydrogen-bond acceptors (Lipinski definition) is 6. The van der Waals surface area contributed by atoms with E-state index in [-0.39, 0.29) is 17.9 Å². The summed E-state index contributed by atoms with van der Waals surface area (Å²) in [6.45, 7) is 1.18. The molecule has 0 saturated carbocycles. The van der Waals surface area contributed by atoms with Crippen LogP contribution in [-0.2, 0) is 30.8 Å². The molecule has 28 heavy (non-hydrogen) atoms. The molecule has 152 valence electrons. The second-order valence-corrected chi connectivity index (χ2v) is 8.66. The molecular formula is C18H23N3O6S. The van der Waals surface area contributed by atoms with Gasteiger partial charge in [0.25, 0.3) is 5.91 Å². The summed E-state index contributed by atoms with van der Waals surface area (Å²) in [5, 5.41) is 2.49. The van der Waals surface area contributed by atoms with Crippen LogP contribution in [0.3, 0.4) is 0 Å². The van der Waals surface area contributed by atoms with Crippen molar-refractivity contribution in [2.24, 2.45) is 0 Å². The number of esters is 1. The predicted octanol–water partition coefficient (Wildman–Crippen LogP) is 0.499. The molecule has 0 atom stereocenters. The van der Waals surface area contributed by atoms with Crippen LogP contribution in [0.1, 0.15) is 24.8 Å². The van der Waals surface area contributed by atoms with Gasteiger partial charge in [0.05, 0.1) is 11.3 Å². The monoisotopic (exact) mass is 409 g/mol. The lowest BCUT2D eigenvalue weighted by atomic mass is 10.1. The molecule has 3 rings (SSSR count). The lowest BCUT2D eigenvalue weighted by Crippen LogP contribution is -2.37. The molecule has 0 aromatic heterocycles. The van der Waals surface area contributed by atoms with Crippen molar-refractivity contribution < 1.29 is 27.5 Å². The van der Waals surface area contributed by atoms with E-state index in [1.54, 1.807) is 12.1 Å². The van der Waals surface area contributed by atoms with E-state index in [1.807, 2.05) is 0 Å². The van der Waals surface area contributed by atoms with Crippen LogP contribution in [-0.4, -0.2) is 68.3 Å². The zero-order valence-corrected chi connectivity index (χ0v) is 16.2. The van der Waals surface area contributed by atoms with Crippen molar-refractivity contribution in [1.29, 1.82) is 0 Å². The minimum Gasteiger partial charge on any atom is -0.455 e. The predicted molar refractivity (Wildman–Crippen MR) is 98.8 cm³/mol. The van der Waals surface area contributed by atoms with E-state index in [9.17, 15) is 22.8 Å². The minimum atomic E-state index is -3.51. The third-order valence-corrected chi connectivity index (χ3v) is 6.65. The number of carbonyl (C=O) groups excluding carboxylic acids is 3. The number of amides is 3. The normalized spacial score (nSPS) is 18.0. The van der Waals surface area contributed by atoms with Gasteiger partial charge in [-0.1, -0.05) is 18.6 Å². The van der Waals surface area contributed by atoms with Gasteiger partial charge >= 0.3 is 12.0 Å². The van der Waals surface area contributed by atoms with E-state index in [0.29, 0.717) is 25.2 Å². The third-order valence-electron chi connectivity index (χ3n) is 4.74. The molecule has 0 unspecified atom stereocenters.